The third-order valence-corrected chi connectivity index (χ3v) is 6.74. The Labute approximate surface area is 206 Å². The van der Waals surface area contributed by atoms with Crippen LogP contribution in [0.1, 0.15) is 69.5 Å². The van der Waals surface area contributed by atoms with Gasteiger partial charge in [-0.15, -0.1) is 0 Å². The maximum atomic E-state index is 13.2. The van der Waals surface area contributed by atoms with Crippen LogP contribution < -0.4 is 15.7 Å². The molecule has 0 spiro atoms. The second-order valence-electron chi connectivity index (χ2n) is 10.7. The Morgan fingerprint density at radius 3 is 2.11 bits per heavy atom. The number of benzene rings is 2. The summed E-state index contributed by atoms with van der Waals surface area (Å²) in [4.78, 5) is 30.0. The van der Waals surface area contributed by atoms with Gasteiger partial charge in [-0.25, -0.2) is 4.39 Å². The topological polar surface area (TPSA) is 84.6 Å². The number of thiazole rings is 1. The maximum absolute atomic E-state index is 13.2. The first-order chi connectivity index (χ1) is 16.2. The van der Waals surface area contributed by atoms with E-state index >= 15 is 0 Å². The molecule has 0 atom stereocenters. The van der Waals surface area contributed by atoms with E-state index in [1.54, 1.807) is 18.2 Å². The second kappa shape index (κ2) is 8.68. The Morgan fingerprint density at radius 1 is 1.00 bits per heavy atom. The molecule has 8 heteroatoms. The van der Waals surface area contributed by atoms with Crippen molar-refractivity contribution in [1.82, 2.24) is 14.6 Å². The maximum Gasteiger partial charge on any atom is 0.296 e. The number of nitrogens with zero attached hydrogens (tertiary/aromatic N) is 3. The molecule has 0 saturated heterocycles. The van der Waals surface area contributed by atoms with E-state index in [0.717, 1.165) is 32.5 Å². The van der Waals surface area contributed by atoms with Crippen LogP contribution >= 0.6 is 11.3 Å². The third-order valence-electron chi connectivity index (χ3n) is 5.78. The van der Waals surface area contributed by atoms with Crippen molar-refractivity contribution < 1.29 is 9.50 Å². The Hall–Kier alpha value is -3.39. The van der Waals surface area contributed by atoms with Crippen molar-refractivity contribution in [2.75, 3.05) is 0 Å². The highest BCUT2D eigenvalue weighted by atomic mass is 32.1. The van der Waals surface area contributed by atoms with Gasteiger partial charge in [0.25, 0.3) is 11.1 Å². The minimum atomic E-state index is -0.517. The molecular weight excluding hydrogens is 465 g/mol. The summed E-state index contributed by atoms with van der Waals surface area (Å²) < 4.78 is 14.7. The lowest BCUT2D eigenvalue weighted by molar-refractivity contribution is 0.423. The standard InChI is InChI=1S/C27H28FN3O3S/c1-26(2,3)18-11-16(12-19(22(18)32)27(4,5)6)14-21-24(34)31-25(35-21)29-23(33)20(30-31)13-15-7-9-17(28)10-8-15/h7-12,14,32H,13H2,1-6H3. The van der Waals surface area contributed by atoms with Crippen LogP contribution in [-0.4, -0.2) is 19.7 Å². The Bertz CT molecular complexity index is 1560. The summed E-state index contributed by atoms with van der Waals surface area (Å²) in [6, 6.07) is 9.54. The normalized spacial score (nSPS) is 13.1. The van der Waals surface area contributed by atoms with Gasteiger partial charge in [0.1, 0.15) is 17.3 Å². The van der Waals surface area contributed by atoms with Crippen LogP contribution in [0.5, 0.6) is 5.75 Å². The van der Waals surface area contributed by atoms with Crippen LogP contribution in [0, 0.1) is 5.82 Å². The molecular formula is C27H28FN3O3S. The fourth-order valence-electron chi connectivity index (χ4n) is 3.88. The molecule has 2 aromatic carbocycles. The van der Waals surface area contributed by atoms with E-state index in [2.05, 4.69) is 10.1 Å². The van der Waals surface area contributed by atoms with Crippen LogP contribution in [0.3, 0.4) is 0 Å². The van der Waals surface area contributed by atoms with Crippen molar-refractivity contribution in [3.8, 4) is 5.75 Å². The largest absolute Gasteiger partial charge is 0.507 e. The SMILES string of the molecule is CC(C)(C)c1cc(C=c2sc3nc(=O)c(Cc4ccc(F)cc4)nn3c2=O)cc(C(C)(C)C)c1O. The molecule has 0 unspecified atom stereocenters. The van der Waals surface area contributed by atoms with E-state index in [9.17, 15) is 19.1 Å². The molecule has 6 nitrogen and oxygen atoms in total. The average Bonchev–Trinajstić information content (AvgIpc) is 3.03. The molecule has 35 heavy (non-hydrogen) atoms. The minimum absolute atomic E-state index is 0.116. The van der Waals surface area contributed by atoms with Crippen molar-refractivity contribution in [3.63, 3.8) is 0 Å². The zero-order valence-electron chi connectivity index (χ0n) is 20.6. The van der Waals surface area contributed by atoms with Crippen LogP contribution in [0.15, 0.2) is 46.0 Å². The van der Waals surface area contributed by atoms with Gasteiger partial charge in [0.05, 0.1) is 4.53 Å². The fourth-order valence-corrected chi connectivity index (χ4v) is 4.79. The number of phenolic OH excluding ortho intramolecular Hbond substituents is 1. The van der Waals surface area contributed by atoms with Gasteiger partial charge in [-0.3, -0.25) is 9.59 Å². The number of rotatable bonds is 3. The summed E-state index contributed by atoms with van der Waals surface area (Å²) in [6.07, 6.45) is 1.89. The molecule has 2 aromatic heterocycles. The van der Waals surface area contributed by atoms with Gasteiger partial charge in [-0.1, -0.05) is 65.0 Å². The van der Waals surface area contributed by atoms with E-state index < -0.39 is 5.56 Å². The van der Waals surface area contributed by atoms with E-state index in [1.165, 1.54) is 12.1 Å². The van der Waals surface area contributed by atoms with Crippen LogP contribution in [0.25, 0.3) is 11.0 Å². The van der Waals surface area contributed by atoms with Gasteiger partial charge >= 0.3 is 0 Å². The summed E-state index contributed by atoms with van der Waals surface area (Å²) in [5.74, 6) is -0.106. The van der Waals surface area contributed by atoms with Crippen molar-refractivity contribution in [2.24, 2.45) is 0 Å². The summed E-state index contributed by atoms with van der Waals surface area (Å²) in [6.45, 7) is 12.2. The summed E-state index contributed by atoms with van der Waals surface area (Å²) >= 11 is 1.09. The van der Waals surface area contributed by atoms with Crippen LogP contribution in [0.2, 0.25) is 0 Å². The van der Waals surface area contributed by atoms with E-state index in [4.69, 9.17) is 0 Å². The molecule has 1 N–H and O–H groups in total. The number of aromatic nitrogens is 3. The molecule has 0 bridgehead atoms. The smallest absolute Gasteiger partial charge is 0.296 e. The number of phenols is 1. The van der Waals surface area contributed by atoms with Gasteiger partial charge in [-0.05, 0) is 52.3 Å². The molecule has 4 rings (SSSR count). The Balaban J connectivity index is 1.86. The van der Waals surface area contributed by atoms with Crippen molar-refractivity contribution in [1.29, 1.82) is 0 Å². The molecule has 0 fully saturated rings. The molecule has 0 saturated carbocycles. The molecule has 0 aliphatic heterocycles. The lowest BCUT2D eigenvalue weighted by Gasteiger charge is -2.27. The van der Waals surface area contributed by atoms with Crippen molar-refractivity contribution >= 4 is 22.4 Å². The van der Waals surface area contributed by atoms with E-state index in [1.807, 2.05) is 53.7 Å². The zero-order chi connectivity index (χ0) is 25.7. The molecule has 0 radical (unpaired) electrons. The second-order valence-corrected chi connectivity index (χ2v) is 11.8. The summed E-state index contributed by atoms with van der Waals surface area (Å²) in [7, 11) is 0. The average molecular weight is 494 g/mol. The highest BCUT2D eigenvalue weighted by Crippen LogP contribution is 2.39. The number of hydrogen-bond acceptors (Lipinski definition) is 6. The zero-order valence-corrected chi connectivity index (χ0v) is 21.5. The summed E-state index contributed by atoms with van der Waals surface area (Å²) in [5.41, 5.74) is 1.66. The van der Waals surface area contributed by atoms with Gasteiger partial charge < -0.3 is 5.11 Å². The van der Waals surface area contributed by atoms with Gasteiger partial charge in [0.2, 0.25) is 4.96 Å². The van der Waals surface area contributed by atoms with Crippen molar-refractivity contribution in [2.45, 2.75) is 58.8 Å². The first-order valence-corrected chi connectivity index (χ1v) is 12.1. The molecule has 0 aliphatic carbocycles. The quantitative estimate of drug-likeness (QED) is 0.465. The molecule has 2 heterocycles. The first kappa shape index (κ1) is 24.7. The molecule has 182 valence electrons. The van der Waals surface area contributed by atoms with E-state index in [-0.39, 0.29) is 45.0 Å². The Kier molecular flexibility index (Phi) is 6.13. The lowest BCUT2D eigenvalue weighted by Crippen LogP contribution is -2.28. The van der Waals surface area contributed by atoms with Crippen molar-refractivity contribution in [3.05, 3.63) is 95.4 Å². The minimum Gasteiger partial charge on any atom is -0.507 e. The predicted octanol–water partition coefficient (Wildman–Crippen LogP) is 4.09. The van der Waals surface area contributed by atoms with E-state index in [0.29, 0.717) is 10.1 Å². The number of fused-ring (bicyclic) bond motifs is 1. The fraction of sp³-hybridized carbons (Fsp3) is 0.333. The van der Waals surface area contributed by atoms with Gasteiger partial charge in [0.15, 0.2) is 0 Å². The monoisotopic (exact) mass is 493 g/mol. The van der Waals surface area contributed by atoms with Crippen LogP contribution in [-0.2, 0) is 17.3 Å². The third kappa shape index (κ3) is 5.03. The molecule has 4 aromatic rings. The molecule has 0 amide bonds. The Morgan fingerprint density at radius 2 is 1.57 bits per heavy atom. The highest BCUT2D eigenvalue weighted by molar-refractivity contribution is 7.15. The molecule has 0 aliphatic rings. The summed E-state index contributed by atoms with van der Waals surface area (Å²) in [5, 5.41) is 15.2. The number of hydrogen-bond donors (Lipinski definition) is 1. The van der Waals surface area contributed by atoms with Gasteiger partial charge in [0, 0.05) is 17.5 Å². The number of halogens is 1. The highest BCUT2D eigenvalue weighted by Gasteiger charge is 2.26. The lowest BCUT2D eigenvalue weighted by atomic mass is 9.78. The number of aromatic hydroxyl groups is 1. The predicted molar refractivity (Wildman–Crippen MR) is 137 cm³/mol. The van der Waals surface area contributed by atoms with Crippen LogP contribution in [0.4, 0.5) is 4.39 Å². The van der Waals surface area contributed by atoms with Gasteiger partial charge in [-0.2, -0.15) is 14.6 Å². The first-order valence-electron chi connectivity index (χ1n) is 11.3.